The van der Waals surface area contributed by atoms with Crippen LogP contribution in [-0.4, -0.2) is 49.8 Å². The smallest absolute Gasteiger partial charge is 0.343 e. The van der Waals surface area contributed by atoms with Gasteiger partial charge in [-0.15, -0.1) is 0 Å². The number of hydrogen-bond acceptors (Lipinski definition) is 7. The first kappa shape index (κ1) is 20.5. The van der Waals surface area contributed by atoms with Gasteiger partial charge in [0.15, 0.2) is 23.3 Å². The van der Waals surface area contributed by atoms with E-state index in [0.29, 0.717) is 21.6 Å². The lowest BCUT2D eigenvalue weighted by Crippen LogP contribution is -2.23. The van der Waals surface area contributed by atoms with E-state index >= 15 is 0 Å². The Morgan fingerprint density at radius 1 is 1.14 bits per heavy atom. The number of rotatable bonds is 6. The molecule has 150 valence electrons. The number of likely N-dealkylation sites (N-methyl/N-ethyl adjacent to an activating group) is 1. The summed E-state index contributed by atoms with van der Waals surface area (Å²) in [5.74, 6) is 0.244. The zero-order chi connectivity index (χ0) is 20.8. The van der Waals surface area contributed by atoms with Crippen molar-refractivity contribution in [3.8, 4) is 11.5 Å². The minimum absolute atomic E-state index is 0.130. The predicted molar refractivity (Wildman–Crippen MR) is 112 cm³/mol. The van der Waals surface area contributed by atoms with Crippen molar-refractivity contribution in [2.45, 2.75) is 0 Å². The topological polar surface area (TPSA) is 77.4 Å². The van der Waals surface area contributed by atoms with Crippen LogP contribution in [0.3, 0.4) is 0 Å². The fourth-order valence-corrected chi connectivity index (χ4v) is 3.49. The molecule has 2 aromatic carbocycles. The van der Waals surface area contributed by atoms with Gasteiger partial charge in [0.2, 0.25) is 0 Å². The maximum Gasteiger partial charge on any atom is 0.343 e. The number of para-hydroxylation sites is 1. The SMILES string of the molecule is COC(=O)COc1ccc(/C=C2/SC(=Nc3ccccc3)N(C)C2=O)cc1OC. The molecule has 7 nitrogen and oxygen atoms in total. The number of thioether (sulfide) groups is 1. The summed E-state index contributed by atoms with van der Waals surface area (Å²) in [6.07, 6.45) is 1.77. The molecule has 1 heterocycles. The van der Waals surface area contributed by atoms with Gasteiger partial charge in [0.05, 0.1) is 24.8 Å². The Morgan fingerprint density at radius 2 is 1.90 bits per heavy atom. The third kappa shape index (κ3) is 4.97. The summed E-state index contributed by atoms with van der Waals surface area (Å²) in [5, 5.41) is 0.609. The first-order valence-electron chi connectivity index (χ1n) is 8.71. The lowest BCUT2D eigenvalue weighted by molar-refractivity contribution is -0.142. The van der Waals surface area contributed by atoms with E-state index in [1.165, 1.54) is 30.9 Å². The number of carbonyl (C=O) groups is 2. The summed E-state index contributed by atoms with van der Waals surface area (Å²) in [6.45, 7) is -0.217. The summed E-state index contributed by atoms with van der Waals surface area (Å²) < 4.78 is 15.3. The van der Waals surface area contributed by atoms with Crippen LogP contribution in [0.15, 0.2) is 58.4 Å². The van der Waals surface area contributed by atoms with E-state index in [9.17, 15) is 9.59 Å². The number of benzene rings is 2. The molecule has 1 fully saturated rings. The van der Waals surface area contributed by atoms with E-state index in [2.05, 4.69) is 9.73 Å². The molecule has 1 amide bonds. The van der Waals surface area contributed by atoms with E-state index in [0.717, 1.165) is 11.3 Å². The van der Waals surface area contributed by atoms with Crippen molar-refractivity contribution >= 4 is 40.6 Å². The summed E-state index contributed by atoms with van der Waals surface area (Å²) in [4.78, 5) is 30.5. The summed E-state index contributed by atoms with van der Waals surface area (Å²) in [7, 11) is 4.49. The van der Waals surface area contributed by atoms with Crippen molar-refractivity contribution in [2.24, 2.45) is 4.99 Å². The number of aliphatic imine (C=N–C) groups is 1. The lowest BCUT2D eigenvalue weighted by Gasteiger charge is -2.10. The maximum absolute atomic E-state index is 12.6. The Labute approximate surface area is 173 Å². The van der Waals surface area contributed by atoms with E-state index in [1.54, 1.807) is 31.3 Å². The molecule has 2 aromatic rings. The Kier molecular flexibility index (Phi) is 6.56. The Morgan fingerprint density at radius 3 is 2.59 bits per heavy atom. The van der Waals surface area contributed by atoms with E-state index in [1.807, 2.05) is 30.3 Å². The number of amidine groups is 1. The Hall–Kier alpha value is -3.26. The average Bonchev–Trinajstić information content (AvgIpc) is 3.00. The first-order chi connectivity index (χ1) is 14.0. The molecule has 8 heteroatoms. The molecule has 0 saturated carbocycles. The highest BCUT2D eigenvalue weighted by atomic mass is 32.2. The molecule has 3 rings (SSSR count). The number of methoxy groups -OCH3 is 2. The van der Waals surface area contributed by atoms with Gasteiger partial charge in [-0.3, -0.25) is 9.69 Å². The minimum atomic E-state index is -0.487. The fraction of sp³-hybridized carbons (Fsp3) is 0.190. The highest BCUT2D eigenvalue weighted by Gasteiger charge is 2.30. The second-order valence-electron chi connectivity index (χ2n) is 5.98. The number of amides is 1. The van der Waals surface area contributed by atoms with Crippen molar-refractivity contribution in [1.82, 2.24) is 4.90 Å². The molecular weight excluding hydrogens is 392 g/mol. The van der Waals surface area contributed by atoms with Crippen LogP contribution in [0.5, 0.6) is 11.5 Å². The van der Waals surface area contributed by atoms with Crippen molar-refractivity contribution in [3.05, 3.63) is 59.0 Å². The van der Waals surface area contributed by atoms with E-state index in [4.69, 9.17) is 9.47 Å². The van der Waals surface area contributed by atoms with Gasteiger partial charge >= 0.3 is 5.97 Å². The normalized spacial score (nSPS) is 16.4. The van der Waals surface area contributed by atoms with Gasteiger partial charge in [0, 0.05) is 7.05 Å². The molecule has 1 aliphatic rings. The number of hydrogen-bond donors (Lipinski definition) is 0. The van der Waals surface area contributed by atoms with Gasteiger partial charge < -0.3 is 14.2 Å². The molecule has 0 unspecified atom stereocenters. The van der Waals surface area contributed by atoms with Crippen molar-refractivity contribution in [1.29, 1.82) is 0 Å². The molecular formula is C21H20N2O5S. The van der Waals surface area contributed by atoms with Crippen LogP contribution in [0.1, 0.15) is 5.56 Å². The van der Waals surface area contributed by atoms with Crippen LogP contribution >= 0.6 is 11.8 Å². The van der Waals surface area contributed by atoms with Crippen LogP contribution in [-0.2, 0) is 14.3 Å². The summed E-state index contributed by atoms with van der Waals surface area (Å²) >= 11 is 1.31. The Bertz CT molecular complexity index is 972. The molecule has 0 aromatic heterocycles. The number of esters is 1. The third-order valence-corrected chi connectivity index (χ3v) is 5.10. The molecule has 0 bridgehead atoms. The number of ether oxygens (including phenoxy) is 3. The van der Waals surface area contributed by atoms with Crippen molar-refractivity contribution in [2.75, 3.05) is 27.9 Å². The van der Waals surface area contributed by atoms with Crippen LogP contribution < -0.4 is 9.47 Å². The van der Waals surface area contributed by atoms with Crippen molar-refractivity contribution < 1.29 is 23.8 Å². The molecule has 0 radical (unpaired) electrons. The van der Waals surface area contributed by atoms with Crippen molar-refractivity contribution in [3.63, 3.8) is 0 Å². The predicted octanol–water partition coefficient (Wildman–Crippen LogP) is 3.48. The highest BCUT2D eigenvalue weighted by Crippen LogP contribution is 2.35. The minimum Gasteiger partial charge on any atom is -0.493 e. The quantitative estimate of drug-likeness (QED) is 0.534. The summed E-state index contributed by atoms with van der Waals surface area (Å²) in [5.41, 5.74) is 1.54. The van der Waals surface area contributed by atoms with Gasteiger partial charge in [0.1, 0.15) is 0 Å². The standard InChI is InChI=1S/C21H20N2O5S/c1-23-20(25)18(29-21(23)22-15-7-5-4-6-8-15)12-14-9-10-16(17(11-14)26-2)28-13-19(24)27-3/h4-12H,13H2,1-3H3/b18-12+,22-21?. The zero-order valence-electron chi connectivity index (χ0n) is 16.2. The molecule has 1 aliphatic heterocycles. The molecule has 0 spiro atoms. The van der Waals surface area contributed by atoms with Gasteiger partial charge in [-0.25, -0.2) is 9.79 Å². The molecule has 29 heavy (non-hydrogen) atoms. The van der Waals surface area contributed by atoms with Gasteiger partial charge in [-0.05, 0) is 47.7 Å². The largest absolute Gasteiger partial charge is 0.493 e. The molecule has 1 saturated heterocycles. The number of nitrogens with zero attached hydrogens (tertiary/aromatic N) is 2. The second kappa shape index (κ2) is 9.29. The maximum atomic E-state index is 12.6. The number of carbonyl (C=O) groups excluding carboxylic acids is 2. The first-order valence-corrected chi connectivity index (χ1v) is 9.52. The third-order valence-electron chi connectivity index (χ3n) is 4.04. The second-order valence-corrected chi connectivity index (χ2v) is 6.99. The lowest BCUT2D eigenvalue weighted by atomic mass is 10.2. The van der Waals surface area contributed by atoms with Crippen LogP contribution in [0.25, 0.3) is 6.08 Å². The van der Waals surface area contributed by atoms with Crippen LogP contribution in [0, 0.1) is 0 Å². The highest BCUT2D eigenvalue weighted by molar-refractivity contribution is 8.18. The van der Waals surface area contributed by atoms with Crippen LogP contribution in [0.4, 0.5) is 5.69 Å². The molecule has 0 atom stereocenters. The van der Waals surface area contributed by atoms with Gasteiger partial charge in [-0.2, -0.15) is 0 Å². The van der Waals surface area contributed by atoms with E-state index in [-0.39, 0.29) is 12.5 Å². The van der Waals surface area contributed by atoms with Crippen LogP contribution in [0.2, 0.25) is 0 Å². The van der Waals surface area contributed by atoms with E-state index < -0.39 is 5.97 Å². The molecule has 0 aliphatic carbocycles. The summed E-state index contributed by atoms with van der Waals surface area (Å²) in [6, 6.07) is 14.7. The molecule has 0 N–H and O–H groups in total. The average molecular weight is 412 g/mol. The monoisotopic (exact) mass is 412 g/mol. The fourth-order valence-electron chi connectivity index (χ4n) is 2.50. The van der Waals surface area contributed by atoms with Gasteiger partial charge in [-0.1, -0.05) is 24.3 Å². The zero-order valence-corrected chi connectivity index (χ0v) is 17.1. The Balaban J connectivity index is 1.81. The van der Waals surface area contributed by atoms with Gasteiger partial charge in [0.25, 0.3) is 5.91 Å².